The molecule has 162 valence electrons. The summed E-state index contributed by atoms with van der Waals surface area (Å²) in [4.78, 5) is 11.7. The summed E-state index contributed by atoms with van der Waals surface area (Å²) in [5, 5.41) is 10.3. The van der Waals surface area contributed by atoms with Crippen LogP contribution < -0.4 is 4.74 Å². The van der Waals surface area contributed by atoms with Crippen molar-refractivity contribution in [2.75, 3.05) is 19.4 Å². The van der Waals surface area contributed by atoms with Gasteiger partial charge in [-0.3, -0.25) is 0 Å². The van der Waals surface area contributed by atoms with Gasteiger partial charge >= 0.3 is 5.97 Å². The SMILES string of the molecule is CCCCCC(O)CPC1CCC2Cc3c(cccc3OCC(=O)OCC)CC21. The molecule has 2 aliphatic rings. The third-order valence-corrected chi connectivity index (χ3v) is 8.48. The highest BCUT2D eigenvalue weighted by Crippen LogP contribution is 2.49. The number of fused-ring (bicyclic) bond motifs is 2. The zero-order valence-corrected chi connectivity index (χ0v) is 19.0. The number of carbonyl (C=O) groups is 1. The number of carbonyl (C=O) groups excluding carboxylic acids is 1. The van der Waals surface area contributed by atoms with Crippen LogP contribution in [0.1, 0.15) is 63.5 Å². The molecule has 4 nitrogen and oxygen atoms in total. The maximum atomic E-state index is 11.7. The maximum absolute atomic E-state index is 11.7. The first-order chi connectivity index (χ1) is 14.1. The second-order valence-electron chi connectivity index (χ2n) is 8.56. The van der Waals surface area contributed by atoms with Crippen molar-refractivity contribution in [1.82, 2.24) is 0 Å². The minimum atomic E-state index is -0.307. The van der Waals surface area contributed by atoms with E-state index in [0.717, 1.165) is 57.8 Å². The highest BCUT2D eigenvalue weighted by Gasteiger charge is 2.40. The first-order valence-corrected chi connectivity index (χ1v) is 12.7. The minimum absolute atomic E-state index is 0.0156. The number of hydrogen-bond acceptors (Lipinski definition) is 4. The van der Waals surface area contributed by atoms with E-state index in [4.69, 9.17) is 9.47 Å². The third-order valence-electron chi connectivity index (χ3n) is 6.53. The number of unbranched alkanes of at least 4 members (excludes halogenated alkanes) is 2. The van der Waals surface area contributed by atoms with Gasteiger partial charge in [0.25, 0.3) is 0 Å². The number of hydrogen-bond donors (Lipinski definition) is 1. The van der Waals surface area contributed by atoms with E-state index in [1.54, 1.807) is 0 Å². The minimum Gasteiger partial charge on any atom is -0.482 e. The van der Waals surface area contributed by atoms with Gasteiger partial charge in [0.15, 0.2) is 6.61 Å². The molecule has 0 spiro atoms. The van der Waals surface area contributed by atoms with E-state index < -0.39 is 0 Å². The van der Waals surface area contributed by atoms with Gasteiger partial charge in [-0.25, -0.2) is 4.79 Å². The summed E-state index contributed by atoms with van der Waals surface area (Å²) in [7, 11) is 0.877. The molecule has 0 aliphatic heterocycles. The molecule has 1 saturated carbocycles. The van der Waals surface area contributed by atoms with Gasteiger partial charge in [0, 0.05) is 0 Å². The Labute approximate surface area is 177 Å². The molecule has 0 radical (unpaired) electrons. The Bertz CT molecular complexity index is 662. The van der Waals surface area contributed by atoms with Crippen LogP contribution in [0.15, 0.2) is 18.2 Å². The van der Waals surface area contributed by atoms with Gasteiger partial charge in [-0.15, -0.1) is 8.58 Å². The van der Waals surface area contributed by atoms with E-state index in [0.29, 0.717) is 12.5 Å². The lowest BCUT2D eigenvalue weighted by Gasteiger charge is -2.32. The number of aliphatic hydroxyl groups is 1. The Hall–Kier alpha value is -1.12. The van der Waals surface area contributed by atoms with Gasteiger partial charge in [0.1, 0.15) is 5.75 Å². The van der Waals surface area contributed by atoms with Crippen LogP contribution >= 0.6 is 8.58 Å². The largest absolute Gasteiger partial charge is 0.482 e. The Morgan fingerprint density at radius 3 is 2.90 bits per heavy atom. The summed E-state index contributed by atoms with van der Waals surface area (Å²) < 4.78 is 10.8. The zero-order chi connectivity index (χ0) is 20.6. The van der Waals surface area contributed by atoms with Crippen LogP contribution in [0.3, 0.4) is 0 Å². The molecule has 0 heterocycles. The fourth-order valence-corrected chi connectivity index (χ4v) is 6.85. The van der Waals surface area contributed by atoms with Crippen LogP contribution in [0.2, 0.25) is 0 Å². The van der Waals surface area contributed by atoms with Crippen molar-refractivity contribution in [1.29, 1.82) is 0 Å². The molecule has 5 unspecified atom stereocenters. The van der Waals surface area contributed by atoms with E-state index in [1.807, 2.05) is 19.1 Å². The fraction of sp³-hybridized carbons (Fsp3) is 0.708. The quantitative estimate of drug-likeness (QED) is 0.319. The summed E-state index contributed by atoms with van der Waals surface area (Å²) in [6.07, 6.45) is 10.2. The van der Waals surface area contributed by atoms with E-state index in [-0.39, 0.29) is 18.7 Å². The molecule has 1 aromatic carbocycles. The molecule has 0 amide bonds. The third kappa shape index (κ3) is 6.18. The van der Waals surface area contributed by atoms with Crippen LogP contribution in [0.4, 0.5) is 0 Å². The van der Waals surface area contributed by atoms with E-state index in [1.165, 1.54) is 36.8 Å². The highest BCUT2D eigenvalue weighted by atomic mass is 31.1. The van der Waals surface area contributed by atoms with Gasteiger partial charge in [-0.1, -0.05) is 38.3 Å². The average Bonchev–Trinajstić information content (AvgIpc) is 3.11. The van der Waals surface area contributed by atoms with Crippen molar-refractivity contribution >= 4 is 14.6 Å². The summed E-state index contributed by atoms with van der Waals surface area (Å²) in [6, 6.07) is 6.25. The molecule has 0 saturated heterocycles. The van der Waals surface area contributed by atoms with Gasteiger partial charge in [-0.05, 0) is 79.9 Å². The standard InChI is InChI=1S/C24H37O4P/c1-3-5-6-9-19(25)16-29-23-12-11-18-13-20-17(14-21(18)23)8-7-10-22(20)28-15-24(26)27-4-2/h7-8,10,18-19,21,23,25,29H,3-6,9,11-16H2,1-2H3. The normalized spacial score (nSPS) is 24.3. The van der Waals surface area contributed by atoms with Crippen molar-refractivity contribution in [2.24, 2.45) is 11.8 Å². The number of rotatable bonds is 11. The number of aliphatic hydroxyl groups excluding tert-OH is 1. The molecule has 5 atom stereocenters. The molecule has 3 rings (SSSR count). The van der Waals surface area contributed by atoms with Gasteiger partial charge in [-0.2, -0.15) is 0 Å². The average molecular weight is 421 g/mol. The first kappa shape index (κ1) is 22.6. The van der Waals surface area contributed by atoms with Crippen molar-refractivity contribution in [3.8, 4) is 5.75 Å². The molecule has 29 heavy (non-hydrogen) atoms. The second kappa shape index (κ2) is 11.3. The Morgan fingerprint density at radius 1 is 1.24 bits per heavy atom. The smallest absolute Gasteiger partial charge is 0.344 e. The number of benzene rings is 1. The number of esters is 1. The maximum Gasteiger partial charge on any atom is 0.344 e. The van der Waals surface area contributed by atoms with Gasteiger partial charge < -0.3 is 14.6 Å². The molecule has 0 bridgehead atoms. The van der Waals surface area contributed by atoms with Crippen molar-refractivity contribution in [2.45, 2.75) is 77.0 Å². The Balaban J connectivity index is 1.56. The molecule has 1 N–H and O–H groups in total. The highest BCUT2D eigenvalue weighted by molar-refractivity contribution is 7.39. The second-order valence-corrected chi connectivity index (χ2v) is 10.1. The van der Waals surface area contributed by atoms with Crippen molar-refractivity contribution in [3.63, 3.8) is 0 Å². The van der Waals surface area contributed by atoms with Crippen molar-refractivity contribution in [3.05, 3.63) is 29.3 Å². The molecular weight excluding hydrogens is 383 g/mol. The lowest BCUT2D eigenvalue weighted by atomic mass is 9.77. The fourth-order valence-electron chi connectivity index (χ4n) is 5.01. The lowest BCUT2D eigenvalue weighted by Crippen LogP contribution is -2.27. The first-order valence-electron chi connectivity index (χ1n) is 11.4. The topological polar surface area (TPSA) is 55.8 Å². The van der Waals surface area contributed by atoms with Crippen molar-refractivity contribution < 1.29 is 19.4 Å². The molecule has 1 aromatic rings. The van der Waals surface area contributed by atoms with Crippen LogP contribution in [-0.4, -0.2) is 42.2 Å². The zero-order valence-electron chi connectivity index (χ0n) is 18.0. The Morgan fingerprint density at radius 2 is 2.10 bits per heavy atom. The van der Waals surface area contributed by atoms with E-state index >= 15 is 0 Å². The van der Waals surface area contributed by atoms with E-state index in [9.17, 15) is 9.90 Å². The molecule has 0 aromatic heterocycles. The number of ether oxygens (including phenoxy) is 2. The predicted octanol–water partition coefficient (Wildman–Crippen LogP) is 4.74. The van der Waals surface area contributed by atoms with Crippen LogP contribution in [-0.2, 0) is 22.4 Å². The summed E-state index contributed by atoms with van der Waals surface area (Å²) >= 11 is 0. The van der Waals surface area contributed by atoms with E-state index in [2.05, 4.69) is 13.0 Å². The summed E-state index contributed by atoms with van der Waals surface area (Å²) in [5.41, 5.74) is 3.44. The van der Waals surface area contributed by atoms with Crippen LogP contribution in [0.25, 0.3) is 0 Å². The monoisotopic (exact) mass is 420 g/mol. The van der Waals surface area contributed by atoms with Crippen LogP contribution in [0, 0.1) is 11.8 Å². The summed E-state index contributed by atoms with van der Waals surface area (Å²) in [6.45, 7) is 4.39. The molecule has 5 heteroatoms. The predicted molar refractivity (Wildman–Crippen MR) is 119 cm³/mol. The molecular formula is C24H37O4P. The van der Waals surface area contributed by atoms with Gasteiger partial charge in [0.2, 0.25) is 0 Å². The van der Waals surface area contributed by atoms with Crippen LogP contribution in [0.5, 0.6) is 5.75 Å². The van der Waals surface area contributed by atoms with Gasteiger partial charge in [0.05, 0.1) is 12.7 Å². The lowest BCUT2D eigenvalue weighted by molar-refractivity contribution is -0.145. The summed E-state index contributed by atoms with van der Waals surface area (Å²) in [5.74, 6) is 2.00. The molecule has 2 aliphatic carbocycles. The Kier molecular flexibility index (Phi) is 8.81. The molecule has 1 fully saturated rings.